The van der Waals surface area contributed by atoms with Gasteiger partial charge in [-0.3, -0.25) is 10.1 Å². The monoisotopic (exact) mass is 179 g/mol. The lowest BCUT2D eigenvalue weighted by molar-refractivity contribution is 1.03. The van der Waals surface area contributed by atoms with Gasteiger partial charge in [0.25, 0.3) is 0 Å². The van der Waals surface area contributed by atoms with E-state index in [1.165, 1.54) is 0 Å². The molecular formula is C10H17N3. The fraction of sp³-hybridized carbons (Fsp3) is 0.400. The van der Waals surface area contributed by atoms with E-state index in [4.69, 9.17) is 0 Å². The molecule has 1 N–H and O–H groups in total. The number of aryl methyl sites for hydroxylation is 1. The Morgan fingerprint density at radius 3 is 2.31 bits per heavy atom. The van der Waals surface area contributed by atoms with E-state index in [-0.39, 0.29) is 0 Å². The Labute approximate surface area is 79.6 Å². The van der Waals surface area contributed by atoms with Gasteiger partial charge in [-0.2, -0.15) is 5.10 Å². The van der Waals surface area contributed by atoms with Crippen molar-refractivity contribution in [1.29, 1.82) is 0 Å². The van der Waals surface area contributed by atoms with E-state index >= 15 is 0 Å². The highest BCUT2D eigenvalue weighted by molar-refractivity contribution is 5.71. The molecule has 0 fully saturated rings. The Morgan fingerprint density at radius 2 is 2.00 bits per heavy atom. The van der Waals surface area contributed by atoms with Gasteiger partial charge >= 0.3 is 0 Å². The zero-order valence-corrected chi connectivity index (χ0v) is 8.81. The van der Waals surface area contributed by atoms with E-state index in [1.807, 2.05) is 27.7 Å². The summed E-state index contributed by atoms with van der Waals surface area (Å²) < 4.78 is 0. The summed E-state index contributed by atoms with van der Waals surface area (Å²) in [6.45, 7) is 15.0. The molecule has 3 nitrogen and oxygen atoms in total. The third-order valence-electron chi connectivity index (χ3n) is 1.48. The molecule has 0 aliphatic rings. The van der Waals surface area contributed by atoms with Crippen molar-refractivity contribution in [2.24, 2.45) is 4.99 Å². The van der Waals surface area contributed by atoms with Crippen LogP contribution < -0.4 is 0 Å². The number of aromatic nitrogens is 2. The van der Waals surface area contributed by atoms with E-state index in [2.05, 4.69) is 28.5 Å². The van der Waals surface area contributed by atoms with Crippen LogP contribution in [0, 0.1) is 6.92 Å². The van der Waals surface area contributed by atoms with Crippen LogP contribution in [0.5, 0.6) is 0 Å². The van der Waals surface area contributed by atoms with Crippen LogP contribution in [0.4, 0.5) is 5.69 Å². The van der Waals surface area contributed by atoms with Crippen molar-refractivity contribution in [1.82, 2.24) is 10.2 Å². The van der Waals surface area contributed by atoms with Crippen LogP contribution in [0.1, 0.15) is 32.2 Å². The molecule has 0 aliphatic carbocycles. The van der Waals surface area contributed by atoms with Gasteiger partial charge < -0.3 is 0 Å². The lowest BCUT2D eigenvalue weighted by Gasteiger charge is -1.93. The summed E-state index contributed by atoms with van der Waals surface area (Å²) in [4.78, 5) is 3.85. The summed E-state index contributed by atoms with van der Waals surface area (Å²) in [5, 5.41) is 6.85. The summed E-state index contributed by atoms with van der Waals surface area (Å²) in [5.74, 6) is 0. The van der Waals surface area contributed by atoms with E-state index in [1.54, 1.807) is 0 Å². The standard InChI is InChI=1S/C8H11N3.C2H6/c1-5(2)7-8(9-4)6(3)10-11-7;1-2/h1,4H2,2-3H3,(H,10,11);1-2H3. The number of rotatable bonds is 2. The number of allylic oxidation sites excluding steroid dienone is 1. The molecule has 1 rings (SSSR count). The van der Waals surface area contributed by atoms with E-state index < -0.39 is 0 Å². The minimum absolute atomic E-state index is 0.803. The SMILES string of the molecule is C=Nc1c(C(=C)C)n[nH]c1C.CC. The Balaban J connectivity index is 0.000000671. The van der Waals surface area contributed by atoms with Crippen LogP contribution in [0.15, 0.2) is 11.6 Å². The average Bonchev–Trinajstić information content (AvgIpc) is 2.50. The molecule has 1 heterocycles. The molecule has 0 aromatic carbocycles. The second-order valence-corrected chi connectivity index (χ2v) is 2.48. The van der Waals surface area contributed by atoms with Crippen molar-refractivity contribution in [3.05, 3.63) is 18.0 Å². The number of nitrogens with zero attached hydrogens (tertiary/aromatic N) is 2. The van der Waals surface area contributed by atoms with Crippen molar-refractivity contribution in [3.63, 3.8) is 0 Å². The van der Waals surface area contributed by atoms with Gasteiger partial charge in [0.1, 0.15) is 11.4 Å². The molecule has 0 unspecified atom stereocenters. The Kier molecular flexibility index (Phi) is 4.74. The molecule has 3 heteroatoms. The third-order valence-corrected chi connectivity index (χ3v) is 1.48. The van der Waals surface area contributed by atoms with Crippen LogP contribution in [-0.4, -0.2) is 16.9 Å². The lowest BCUT2D eigenvalue weighted by Crippen LogP contribution is -1.76. The second-order valence-electron chi connectivity index (χ2n) is 2.48. The maximum atomic E-state index is 4.03. The predicted molar refractivity (Wildman–Crippen MR) is 58.6 cm³/mol. The van der Waals surface area contributed by atoms with Gasteiger partial charge in [0, 0.05) is 0 Å². The molecule has 0 saturated heterocycles. The molecule has 0 bridgehead atoms. The highest BCUT2D eigenvalue weighted by atomic mass is 15.1. The Bertz CT molecular complexity index is 297. The normalized spacial score (nSPS) is 8.62. The first-order valence-electron chi connectivity index (χ1n) is 4.34. The average molecular weight is 179 g/mol. The third kappa shape index (κ3) is 2.54. The molecule has 0 aliphatic heterocycles. The van der Waals surface area contributed by atoms with Crippen LogP contribution in [0.2, 0.25) is 0 Å². The molecule has 0 spiro atoms. The van der Waals surface area contributed by atoms with E-state index in [9.17, 15) is 0 Å². The van der Waals surface area contributed by atoms with Gasteiger partial charge in [-0.05, 0) is 26.1 Å². The van der Waals surface area contributed by atoms with Crippen molar-refractivity contribution in [2.45, 2.75) is 27.7 Å². The van der Waals surface area contributed by atoms with Crippen molar-refractivity contribution >= 4 is 18.0 Å². The zero-order valence-electron chi connectivity index (χ0n) is 8.81. The summed E-state index contributed by atoms with van der Waals surface area (Å²) >= 11 is 0. The van der Waals surface area contributed by atoms with Gasteiger partial charge in [0.05, 0.1) is 5.69 Å². The van der Waals surface area contributed by atoms with Gasteiger partial charge in [0.15, 0.2) is 0 Å². The highest BCUT2D eigenvalue weighted by Crippen LogP contribution is 2.25. The van der Waals surface area contributed by atoms with Crippen LogP contribution in [0.3, 0.4) is 0 Å². The second kappa shape index (κ2) is 5.30. The minimum Gasteiger partial charge on any atom is -0.280 e. The van der Waals surface area contributed by atoms with E-state index in [0.717, 1.165) is 22.6 Å². The van der Waals surface area contributed by atoms with Crippen LogP contribution in [-0.2, 0) is 0 Å². The summed E-state index contributed by atoms with van der Waals surface area (Å²) in [7, 11) is 0. The molecule has 0 saturated carbocycles. The topological polar surface area (TPSA) is 41.0 Å². The first kappa shape index (κ1) is 11.6. The molecule has 72 valence electrons. The van der Waals surface area contributed by atoms with Crippen LogP contribution in [0.25, 0.3) is 5.57 Å². The molecule has 13 heavy (non-hydrogen) atoms. The first-order valence-corrected chi connectivity index (χ1v) is 4.34. The number of nitrogens with one attached hydrogen (secondary N) is 1. The number of aromatic amines is 1. The number of hydrogen-bond donors (Lipinski definition) is 1. The van der Waals surface area contributed by atoms with Gasteiger partial charge in [0.2, 0.25) is 0 Å². The maximum absolute atomic E-state index is 4.03. The van der Waals surface area contributed by atoms with Gasteiger partial charge in [-0.15, -0.1) is 0 Å². The summed E-state index contributed by atoms with van der Waals surface area (Å²) in [5.41, 5.74) is 3.43. The predicted octanol–water partition coefficient (Wildman–Crippen LogP) is 3.11. The van der Waals surface area contributed by atoms with Crippen molar-refractivity contribution < 1.29 is 0 Å². The van der Waals surface area contributed by atoms with Crippen LogP contribution >= 0.6 is 0 Å². The quantitative estimate of drug-likeness (QED) is 0.696. The molecule has 1 aromatic rings. The first-order chi connectivity index (χ1) is 6.16. The van der Waals surface area contributed by atoms with Gasteiger partial charge in [-0.1, -0.05) is 20.4 Å². The number of hydrogen-bond acceptors (Lipinski definition) is 2. The lowest BCUT2D eigenvalue weighted by atomic mass is 10.2. The Hall–Kier alpha value is -1.38. The number of H-pyrrole nitrogens is 1. The minimum atomic E-state index is 0.803. The number of aliphatic imine (C=N–C) groups is 1. The molecule has 0 amide bonds. The zero-order chi connectivity index (χ0) is 10.4. The largest absolute Gasteiger partial charge is 0.280 e. The maximum Gasteiger partial charge on any atom is 0.113 e. The smallest absolute Gasteiger partial charge is 0.113 e. The van der Waals surface area contributed by atoms with Crippen molar-refractivity contribution in [2.75, 3.05) is 0 Å². The fourth-order valence-electron chi connectivity index (χ4n) is 0.914. The molecule has 0 atom stereocenters. The van der Waals surface area contributed by atoms with E-state index in [0.29, 0.717) is 0 Å². The van der Waals surface area contributed by atoms with Gasteiger partial charge in [-0.25, -0.2) is 0 Å². The summed E-state index contributed by atoms with van der Waals surface area (Å²) in [6, 6.07) is 0. The summed E-state index contributed by atoms with van der Waals surface area (Å²) in [6.07, 6.45) is 0. The fourth-order valence-corrected chi connectivity index (χ4v) is 0.914. The molecular weight excluding hydrogens is 162 g/mol. The Morgan fingerprint density at radius 1 is 1.46 bits per heavy atom. The molecule has 0 radical (unpaired) electrons. The van der Waals surface area contributed by atoms with Crippen molar-refractivity contribution in [3.8, 4) is 0 Å². The molecule has 1 aromatic heterocycles. The highest BCUT2D eigenvalue weighted by Gasteiger charge is 2.07.